The van der Waals surface area contributed by atoms with Crippen molar-refractivity contribution in [3.8, 4) is 0 Å². The van der Waals surface area contributed by atoms with Gasteiger partial charge in [0.15, 0.2) is 9.84 Å². The van der Waals surface area contributed by atoms with Gasteiger partial charge >= 0.3 is 0 Å². The number of aryl methyl sites for hydroxylation is 1. The van der Waals surface area contributed by atoms with Crippen molar-refractivity contribution in [3.05, 3.63) is 46.9 Å². The minimum absolute atomic E-state index is 0.0474. The maximum absolute atomic E-state index is 12.7. The van der Waals surface area contributed by atoms with Gasteiger partial charge in [-0.2, -0.15) is 0 Å². The van der Waals surface area contributed by atoms with Crippen molar-refractivity contribution in [2.45, 2.75) is 30.5 Å². The third kappa shape index (κ3) is 4.11. The zero-order chi connectivity index (χ0) is 18.0. The first-order chi connectivity index (χ1) is 11.9. The molecular weight excluding hydrogens is 362 g/mol. The van der Waals surface area contributed by atoms with Gasteiger partial charge in [0.25, 0.3) is 0 Å². The Bertz CT molecular complexity index is 873. The van der Waals surface area contributed by atoms with Crippen molar-refractivity contribution in [1.29, 1.82) is 0 Å². The predicted octanol–water partition coefficient (Wildman–Crippen LogP) is 2.64. The van der Waals surface area contributed by atoms with E-state index in [0.717, 1.165) is 0 Å². The SMILES string of the molecule is Cc1ccccc1S(=O)(=O)Cc1cc(N2CCOC[C@@H]2C)nc(Cl)n1. The summed E-state index contributed by atoms with van der Waals surface area (Å²) in [5.41, 5.74) is 1.10. The van der Waals surface area contributed by atoms with Crippen molar-refractivity contribution in [2.75, 3.05) is 24.7 Å². The fourth-order valence-electron chi connectivity index (χ4n) is 2.92. The van der Waals surface area contributed by atoms with E-state index in [9.17, 15) is 8.42 Å². The summed E-state index contributed by atoms with van der Waals surface area (Å²) < 4.78 is 30.9. The number of anilines is 1. The van der Waals surface area contributed by atoms with Crippen LogP contribution in [0.3, 0.4) is 0 Å². The Morgan fingerprint density at radius 1 is 1.32 bits per heavy atom. The molecule has 0 amide bonds. The van der Waals surface area contributed by atoms with Crippen molar-refractivity contribution >= 4 is 27.3 Å². The summed E-state index contributed by atoms with van der Waals surface area (Å²) >= 11 is 6.05. The quantitative estimate of drug-likeness (QED) is 0.758. The van der Waals surface area contributed by atoms with Gasteiger partial charge in [-0.15, -0.1) is 0 Å². The van der Waals surface area contributed by atoms with Gasteiger partial charge in [0.2, 0.25) is 5.28 Å². The maximum Gasteiger partial charge on any atom is 0.224 e. The summed E-state index contributed by atoms with van der Waals surface area (Å²) in [6.45, 7) is 5.68. The molecule has 0 N–H and O–H groups in total. The molecule has 0 aliphatic carbocycles. The maximum atomic E-state index is 12.7. The van der Waals surface area contributed by atoms with Crippen LogP contribution in [-0.2, 0) is 20.3 Å². The van der Waals surface area contributed by atoms with Crippen LogP contribution in [0, 0.1) is 6.92 Å². The molecule has 0 spiro atoms. The molecule has 25 heavy (non-hydrogen) atoms. The highest BCUT2D eigenvalue weighted by Gasteiger charge is 2.23. The first-order valence-corrected chi connectivity index (χ1v) is 10.1. The number of halogens is 1. The van der Waals surface area contributed by atoms with Crippen molar-refractivity contribution in [3.63, 3.8) is 0 Å². The normalized spacial score (nSPS) is 18.4. The minimum atomic E-state index is -3.51. The molecule has 3 rings (SSSR count). The number of ether oxygens (including phenoxy) is 1. The molecule has 8 heteroatoms. The number of morpholine rings is 1. The van der Waals surface area contributed by atoms with Gasteiger partial charge in [0, 0.05) is 12.6 Å². The summed E-state index contributed by atoms with van der Waals surface area (Å²) in [7, 11) is -3.51. The predicted molar refractivity (Wildman–Crippen MR) is 96.7 cm³/mol. The second kappa shape index (κ2) is 7.27. The molecule has 134 valence electrons. The topological polar surface area (TPSA) is 72.4 Å². The van der Waals surface area contributed by atoms with Crippen LogP contribution in [0.1, 0.15) is 18.2 Å². The van der Waals surface area contributed by atoms with Gasteiger partial charge in [-0.1, -0.05) is 18.2 Å². The summed E-state index contributed by atoms with van der Waals surface area (Å²) in [5.74, 6) is 0.414. The molecule has 6 nitrogen and oxygen atoms in total. The van der Waals surface area contributed by atoms with Crippen LogP contribution in [0.5, 0.6) is 0 Å². The van der Waals surface area contributed by atoms with Crippen molar-refractivity contribution < 1.29 is 13.2 Å². The molecular formula is C17H20ClN3O3S. The molecule has 1 saturated heterocycles. The lowest BCUT2D eigenvalue weighted by atomic mass is 10.2. The number of sulfone groups is 1. The molecule has 2 heterocycles. The van der Waals surface area contributed by atoms with Gasteiger partial charge in [-0.25, -0.2) is 18.4 Å². The third-order valence-electron chi connectivity index (χ3n) is 4.17. The number of hydrogen-bond donors (Lipinski definition) is 0. The smallest absolute Gasteiger partial charge is 0.224 e. The number of aromatic nitrogens is 2. The molecule has 0 saturated carbocycles. The molecule has 1 aromatic heterocycles. The van der Waals surface area contributed by atoms with E-state index in [1.807, 2.05) is 13.0 Å². The Labute approximate surface area is 152 Å². The van der Waals surface area contributed by atoms with Gasteiger partial charge < -0.3 is 9.64 Å². The lowest BCUT2D eigenvalue weighted by Gasteiger charge is -2.34. The Morgan fingerprint density at radius 3 is 2.80 bits per heavy atom. The third-order valence-corrected chi connectivity index (χ3v) is 6.14. The van der Waals surface area contributed by atoms with E-state index in [2.05, 4.69) is 14.9 Å². The highest BCUT2D eigenvalue weighted by Crippen LogP contribution is 2.24. The Morgan fingerprint density at radius 2 is 2.08 bits per heavy atom. The molecule has 0 unspecified atom stereocenters. The van der Waals surface area contributed by atoms with Gasteiger partial charge in [-0.05, 0) is 37.1 Å². The lowest BCUT2D eigenvalue weighted by molar-refractivity contribution is 0.0985. The highest BCUT2D eigenvalue weighted by molar-refractivity contribution is 7.90. The second-order valence-electron chi connectivity index (χ2n) is 6.13. The van der Waals surface area contributed by atoms with Crippen LogP contribution in [0.25, 0.3) is 0 Å². The minimum Gasteiger partial charge on any atom is -0.377 e. The van der Waals surface area contributed by atoms with E-state index in [4.69, 9.17) is 16.3 Å². The molecule has 1 atom stereocenters. The van der Waals surface area contributed by atoms with E-state index in [1.54, 1.807) is 31.2 Å². The van der Waals surface area contributed by atoms with Gasteiger partial charge in [-0.3, -0.25) is 0 Å². The zero-order valence-electron chi connectivity index (χ0n) is 14.1. The average molecular weight is 382 g/mol. The highest BCUT2D eigenvalue weighted by atomic mass is 35.5. The van der Waals surface area contributed by atoms with Crippen LogP contribution in [-0.4, -0.2) is 44.2 Å². The van der Waals surface area contributed by atoms with Gasteiger partial charge in [0.05, 0.1) is 35.6 Å². The molecule has 0 radical (unpaired) electrons. The molecule has 1 aliphatic rings. The van der Waals surface area contributed by atoms with Crippen molar-refractivity contribution in [2.24, 2.45) is 0 Å². The Kier molecular flexibility index (Phi) is 5.27. The number of hydrogen-bond acceptors (Lipinski definition) is 6. The van der Waals surface area contributed by atoms with Crippen LogP contribution in [0.4, 0.5) is 5.82 Å². The first-order valence-electron chi connectivity index (χ1n) is 8.03. The second-order valence-corrected chi connectivity index (χ2v) is 8.42. The largest absolute Gasteiger partial charge is 0.377 e. The van der Waals surface area contributed by atoms with Crippen molar-refractivity contribution in [1.82, 2.24) is 9.97 Å². The van der Waals surface area contributed by atoms with Crippen LogP contribution in [0.2, 0.25) is 5.28 Å². The molecule has 1 aliphatic heterocycles. The molecule has 0 bridgehead atoms. The van der Waals surface area contributed by atoms with Crippen LogP contribution in [0.15, 0.2) is 35.2 Å². The average Bonchev–Trinajstić information content (AvgIpc) is 2.54. The fraction of sp³-hybridized carbons (Fsp3) is 0.412. The van der Waals surface area contributed by atoms with E-state index in [-0.39, 0.29) is 17.1 Å². The van der Waals surface area contributed by atoms with Crippen LogP contribution < -0.4 is 4.90 Å². The van der Waals surface area contributed by atoms with E-state index < -0.39 is 9.84 Å². The number of benzene rings is 1. The summed E-state index contributed by atoms with van der Waals surface area (Å²) in [4.78, 5) is 10.7. The van der Waals surface area contributed by atoms with Gasteiger partial charge in [0.1, 0.15) is 5.82 Å². The monoisotopic (exact) mass is 381 g/mol. The van der Waals surface area contributed by atoms with Crippen LogP contribution >= 0.6 is 11.6 Å². The fourth-order valence-corrected chi connectivity index (χ4v) is 4.65. The summed E-state index contributed by atoms with van der Waals surface area (Å²) in [6.07, 6.45) is 0. The van der Waals surface area contributed by atoms with E-state index >= 15 is 0 Å². The molecule has 1 aromatic carbocycles. The number of nitrogens with zero attached hydrogens (tertiary/aromatic N) is 3. The zero-order valence-corrected chi connectivity index (χ0v) is 15.7. The summed E-state index contributed by atoms with van der Waals surface area (Å²) in [5, 5.41) is 0.0474. The molecule has 2 aromatic rings. The number of rotatable bonds is 4. The van der Waals surface area contributed by atoms with E-state index in [0.29, 0.717) is 41.7 Å². The molecule has 1 fully saturated rings. The Balaban J connectivity index is 1.92. The summed E-state index contributed by atoms with van der Waals surface area (Å²) in [6, 6.07) is 8.75. The van der Waals surface area contributed by atoms with E-state index in [1.165, 1.54) is 0 Å². The Hall–Kier alpha value is -1.70. The first kappa shape index (κ1) is 18.1. The lowest BCUT2D eigenvalue weighted by Crippen LogP contribution is -2.44. The standard InChI is InChI=1S/C17H20ClN3O3S/c1-12-5-3-4-6-15(12)25(22,23)11-14-9-16(20-17(18)19-14)21-7-8-24-10-13(21)2/h3-6,9,13H,7-8,10-11H2,1-2H3/t13-/m0/s1.